The second kappa shape index (κ2) is 19.2. The Bertz CT molecular complexity index is 1580. The first kappa shape index (κ1) is 41.5. The van der Waals surface area contributed by atoms with Gasteiger partial charge in [0.25, 0.3) is 0 Å². The molecule has 300 valence electrons. The van der Waals surface area contributed by atoms with E-state index in [1.807, 2.05) is 30.1 Å². The summed E-state index contributed by atoms with van der Waals surface area (Å²) in [6.07, 6.45) is 8.69. The molecule has 0 bridgehead atoms. The number of halogens is 1. The van der Waals surface area contributed by atoms with E-state index in [-0.39, 0.29) is 36.2 Å². The van der Waals surface area contributed by atoms with E-state index in [0.717, 1.165) is 43.0 Å². The monoisotopic (exact) mass is 756 g/mol. The highest BCUT2D eigenvalue weighted by atomic mass is 19.1. The minimum atomic E-state index is -0.702. The van der Waals surface area contributed by atoms with Gasteiger partial charge in [-0.3, -0.25) is 9.59 Å². The highest BCUT2D eigenvalue weighted by molar-refractivity contribution is 6.01. The van der Waals surface area contributed by atoms with Crippen molar-refractivity contribution in [2.75, 3.05) is 52.1 Å². The van der Waals surface area contributed by atoms with E-state index in [1.165, 1.54) is 6.42 Å². The highest BCUT2D eigenvalue weighted by Gasteiger charge is 2.47. The molecule has 2 aromatic rings. The summed E-state index contributed by atoms with van der Waals surface area (Å²) < 4.78 is 37.1. The fourth-order valence-corrected chi connectivity index (χ4v) is 8.68. The molecule has 0 spiro atoms. The van der Waals surface area contributed by atoms with Gasteiger partial charge in [-0.05, 0) is 94.9 Å². The fraction of sp³-hybridized carbons (Fsp3) is 0.707. The Kier molecular flexibility index (Phi) is 14.8. The molecule has 13 heteroatoms. The number of methoxy groups -OCH3 is 1. The van der Waals surface area contributed by atoms with Crippen LogP contribution in [0.1, 0.15) is 102 Å². The molecule has 1 saturated heterocycles. The molecule has 3 amide bonds. The summed E-state index contributed by atoms with van der Waals surface area (Å²) in [6.45, 7) is 6.84. The third-order valence-electron chi connectivity index (χ3n) is 11.4. The summed E-state index contributed by atoms with van der Waals surface area (Å²) in [5.41, 5.74) is 1.15. The molecule has 3 atom stereocenters. The molecule has 0 radical (unpaired) electrons. The number of alkyl carbamates (subject to hydrolysis) is 1. The third-order valence-corrected chi connectivity index (χ3v) is 11.4. The van der Waals surface area contributed by atoms with Crippen molar-refractivity contribution in [3.63, 3.8) is 0 Å². The standard InChI is InChI=1S/C41H61FN4O8/c1-41(2,3)54-40(50)44-33(26-42)28-12-14-29(15-13-28)38(48)46-19-18-32(27-10-7-6-8-11-27)36(46)37(47)43-31-16-17-34-30(24-31)25-35(45(34)4)39(49)53-21-9-20-52-23-22-51-5/h16-17,24-25,27-29,32-33,36H,6-15,18-23,26H2,1-5H3,(H,43,47)(H,44,50)/t28?,29?,32-,33+,36-/m0/s1. The van der Waals surface area contributed by atoms with Crippen LogP contribution in [0.4, 0.5) is 14.9 Å². The molecule has 2 heterocycles. The first-order valence-corrected chi connectivity index (χ1v) is 19.9. The lowest BCUT2D eigenvalue weighted by molar-refractivity contribution is -0.142. The molecule has 3 fully saturated rings. The summed E-state index contributed by atoms with van der Waals surface area (Å²) in [5, 5.41) is 6.63. The van der Waals surface area contributed by atoms with Crippen LogP contribution in [0.5, 0.6) is 0 Å². The number of nitrogens with one attached hydrogen (secondary N) is 2. The van der Waals surface area contributed by atoms with Crippen molar-refractivity contribution < 1.29 is 42.5 Å². The highest BCUT2D eigenvalue weighted by Crippen LogP contribution is 2.41. The molecule has 0 unspecified atom stereocenters. The number of rotatable bonds is 15. The van der Waals surface area contributed by atoms with Gasteiger partial charge in [-0.15, -0.1) is 0 Å². The van der Waals surface area contributed by atoms with Gasteiger partial charge in [-0.25, -0.2) is 14.0 Å². The molecule has 2 aliphatic carbocycles. The van der Waals surface area contributed by atoms with Gasteiger partial charge in [0.2, 0.25) is 11.8 Å². The molecule has 2 saturated carbocycles. The maximum Gasteiger partial charge on any atom is 0.407 e. The van der Waals surface area contributed by atoms with Crippen molar-refractivity contribution in [3.05, 3.63) is 30.0 Å². The zero-order valence-electron chi connectivity index (χ0n) is 32.8. The number of aromatic nitrogens is 1. The Morgan fingerprint density at radius 2 is 1.67 bits per heavy atom. The molecule has 1 aromatic carbocycles. The molecular weight excluding hydrogens is 695 g/mol. The quantitative estimate of drug-likeness (QED) is 0.150. The number of carbonyl (C=O) groups excluding carboxylic acids is 4. The summed E-state index contributed by atoms with van der Waals surface area (Å²) in [4.78, 5) is 55.6. The van der Waals surface area contributed by atoms with Gasteiger partial charge >= 0.3 is 12.1 Å². The number of esters is 1. The van der Waals surface area contributed by atoms with E-state index in [4.69, 9.17) is 18.9 Å². The van der Waals surface area contributed by atoms with Gasteiger partial charge in [0.05, 0.1) is 25.9 Å². The minimum Gasteiger partial charge on any atom is -0.461 e. The van der Waals surface area contributed by atoms with Gasteiger partial charge in [-0.1, -0.05) is 32.1 Å². The molecule has 1 aliphatic heterocycles. The lowest BCUT2D eigenvalue weighted by atomic mass is 9.76. The van der Waals surface area contributed by atoms with Crippen LogP contribution in [0, 0.1) is 23.7 Å². The Hall–Kier alpha value is -3.71. The maximum absolute atomic E-state index is 14.3. The fourth-order valence-electron chi connectivity index (χ4n) is 8.68. The van der Waals surface area contributed by atoms with Crippen molar-refractivity contribution in [2.24, 2.45) is 30.7 Å². The van der Waals surface area contributed by atoms with Gasteiger partial charge in [0.1, 0.15) is 24.0 Å². The maximum atomic E-state index is 14.3. The van der Waals surface area contributed by atoms with Crippen LogP contribution in [0.15, 0.2) is 24.3 Å². The number of hydrogen-bond acceptors (Lipinski definition) is 8. The van der Waals surface area contributed by atoms with Crippen LogP contribution < -0.4 is 10.6 Å². The lowest BCUT2D eigenvalue weighted by Gasteiger charge is -2.37. The van der Waals surface area contributed by atoms with Gasteiger partial charge in [0.15, 0.2) is 0 Å². The number of nitrogens with zero attached hydrogens (tertiary/aromatic N) is 2. The number of alkyl halides is 1. The lowest BCUT2D eigenvalue weighted by Crippen LogP contribution is -2.50. The second-order valence-corrected chi connectivity index (χ2v) is 16.3. The molecule has 2 N–H and O–H groups in total. The molecular formula is C41H61FN4O8. The number of likely N-dealkylation sites (tertiary alicyclic amines) is 1. The van der Waals surface area contributed by atoms with E-state index >= 15 is 0 Å². The number of amides is 3. The van der Waals surface area contributed by atoms with E-state index in [0.29, 0.717) is 75.8 Å². The van der Waals surface area contributed by atoms with Crippen molar-refractivity contribution in [2.45, 2.75) is 109 Å². The molecule has 5 rings (SSSR count). The van der Waals surface area contributed by atoms with Crippen molar-refractivity contribution >= 4 is 40.5 Å². The van der Waals surface area contributed by atoms with Crippen molar-refractivity contribution in [1.29, 1.82) is 0 Å². The van der Waals surface area contributed by atoms with Crippen LogP contribution in [0.3, 0.4) is 0 Å². The van der Waals surface area contributed by atoms with Crippen LogP contribution in [-0.2, 0) is 35.6 Å². The number of fused-ring (bicyclic) bond motifs is 1. The van der Waals surface area contributed by atoms with E-state index in [1.54, 1.807) is 38.5 Å². The molecule has 1 aromatic heterocycles. The molecule has 12 nitrogen and oxygen atoms in total. The van der Waals surface area contributed by atoms with Crippen LogP contribution >= 0.6 is 0 Å². The van der Waals surface area contributed by atoms with Gasteiger partial charge in [0, 0.05) is 56.2 Å². The number of hydrogen-bond donors (Lipinski definition) is 2. The first-order chi connectivity index (χ1) is 25.9. The Balaban J connectivity index is 1.23. The number of ether oxygens (including phenoxy) is 4. The number of benzene rings is 1. The van der Waals surface area contributed by atoms with E-state index in [9.17, 15) is 23.6 Å². The average molecular weight is 757 g/mol. The first-order valence-electron chi connectivity index (χ1n) is 19.9. The Morgan fingerprint density at radius 1 is 0.926 bits per heavy atom. The third kappa shape index (κ3) is 10.7. The van der Waals surface area contributed by atoms with Gasteiger partial charge < -0.3 is 39.0 Å². The number of carbonyl (C=O) groups is 4. The molecule has 54 heavy (non-hydrogen) atoms. The smallest absolute Gasteiger partial charge is 0.407 e. The largest absolute Gasteiger partial charge is 0.461 e. The van der Waals surface area contributed by atoms with Crippen LogP contribution in [-0.4, -0.2) is 97.8 Å². The zero-order valence-corrected chi connectivity index (χ0v) is 32.8. The topological polar surface area (TPSA) is 137 Å². The average Bonchev–Trinajstić information content (AvgIpc) is 3.74. The summed E-state index contributed by atoms with van der Waals surface area (Å²) in [7, 11) is 3.42. The summed E-state index contributed by atoms with van der Waals surface area (Å²) >= 11 is 0. The number of aryl methyl sites for hydroxylation is 1. The second-order valence-electron chi connectivity index (χ2n) is 16.3. The number of anilines is 1. The summed E-state index contributed by atoms with van der Waals surface area (Å²) in [5.74, 6) is -0.522. The van der Waals surface area contributed by atoms with Crippen LogP contribution in [0.2, 0.25) is 0 Å². The minimum absolute atomic E-state index is 0.00739. The van der Waals surface area contributed by atoms with E-state index < -0.39 is 36.4 Å². The zero-order chi connectivity index (χ0) is 38.8. The van der Waals surface area contributed by atoms with Crippen LogP contribution in [0.25, 0.3) is 10.9 Å². The van der Waals surface area contributed by atoms with Gasteiger partial charge in [-0.2, -0.15) is 0 Å². The summed E-state index contributed by atoms with van der Waals surface area (Å²) in [6, 6.07) is 6.09. The van der Waals surface area contributed by atoms with E-state index in [2.05, 4.69) is 10.6 Å². The van der Waals surface area contributed by atoms with Crippen molar-refractivity contribution in [3.8, 4) is 0 Å². The predicted octanol–water partition coefficient (Wildman–Crippen LogP) is 6.79. The SMILES string of the molecule is COCCOCCCOC(=O)c1cc2cc(NC(=O)[C@@H]3[C@H](C4CCCCC4)CCN3C(=O)C3CCC([C@@H](CF)NC(=O)OC(C)(C)C)CC3)ccc2n1C. The molecule has 3 aliphatic rings. The Morgan fingerprint density at radius 3 is 2.35 bits per heavy atom. The van der Waals surface area contributed by atoms with Crippen molar-refractivity contribution in [1.82, 2.24) is 14.8 Å². The normalized spacial score (nSPS) is 22.9. The Labute approximate surface area is 319 Å². The predicted molar refractivity (Wildman–Crippen MR) is 204 cm³/mol.